The highest BCUT2D eigenvalue weighted by Gasteiger charge is 2.24. The molecular formula is C19H21Cl3F2N4O2S. The number of rotatable bonds is 5. The van der Waals surface area contributed by atoms with E-state index in [1.54, 1.807) is 0 Å². The average molecular weight is 514 g/mol. The summed E-state index contributed by atoms with van der Waals surface area (Å²) in [5, 5.41) is 20.3. The van der Waals surface area contributed by atoms with E-state index >= 15 is 0 Å². The van der Waals surface area contributed by atoms with Gasteiger partial charge in [0.05, 0.1) is 33.5 Å². The van der Waals surface area contributed by atoms with Crippen molar-refractivity contribution in [2.75, 3.05) is 44.2 Å². The van der Waals surface area contributed by atoms with Gasteiger partial charge in [-0.1, -0.05) is 11.6 Å². The van der Waals surface area contributed by atoms with Crippen LogP contribution < -0.4 is 4.90 Å². The molecule has 2 N–H and O–H groups in total. The zero-order valence-electron chi connectivity index (χ0n) is 16.2. The molecule has 1 aromatic carbocycles. The highest BCUT2D eigenvalue weighted by molar-refractivity contribution is 7.17. The highest BCUT2D eigenvalue weighted by Crippen LogP contribution is 2.33. The van der Waals surface area contributed by atoms with Crippen LogP contribution in [0.15, 0.2) is 23.6 Å². The average Bonchev–Trinajstić information content (AvgIpc) is 3.19. The number of nitrogens with zero attached hydrogens (tertiary/aromatic N) is 4. The van der Waals surface area contributed by atoms with E-state index < -0.39 is 17.7 Å². The Hall–Kier alpha value is -1.33. The largest absolute Gasteiger partial charge is 0.394 e. The lowest BCUT2D eigenvalue weighted by molar-refractivity contribution is 0.0574. The molecule has 0 radical (unpaired) electrons. The smallest absolute Gasteiger partial charge is 0.165 e. The molecule has 170 valence electrons. The summed E-state index contributed by atoms with van der Waals surface area (Å²) in [5.74, 6) is -0.622. The van der Waals surface area contributed by atoms with Crippen LogP contribution >= 0.6 is 47.8 Å². The number of hydrogen-bond acceptors (Lipinski definition) is 7. The predicted octanol–water partition coefficient (Wildman–Crippen LogP) is 3.61. The molecule has 0 amide bonds. The van der Waals surface area contributed by atoms with Crippen molar-refractivity contribution in [3.8, 4) is 11.4 Å². The lowest BCUT2D eigenvalue weighted by Gasteiger charge is -2.36. The third-order valence-corrected chi connectivity index (χ3v) is 6.08. The molecule has 31 heavy (non-hydrogen) atoms. The number of fused-ring (bicyclic) bond motifs is 1. The van der Waals surface area contributed by atoms with Gasteiger partial charge in [-0.15, -0.1) is 36.2 Å². The second-order valence-electron chi connectivity index (χ2n) is 6.88. The molecule has 1 aliphatic rings. The monoisotopic (exact) mass is 512 g/mol. The Balaban J connectivity index is 0.00000171. The molecule has 1 fully saturated rings. The number of thiophene rings is 1. The Kier molecular flexibility index (Phi) is 9.20. The fourth-order valence-corrected chi connectivity index (χ4v) is 4.37. The molecule has 0 spiro atoms. The Morgan fingerprint density at radius 2 is 1.81 bits per heavy atom. The van der Waals surface area contributed by atoms with Gasteiger partial charge in [-0.25, -0.2) is 18.7 Å². The minimum atomic E-state index is -0.765. The molecule has 12 heteroatoms. The van der Waals surface area contributed by atoms with E-state index in [0.717, 1.165) is 16.8 Å². The number of aromatic nitrogens is 2. The van der Waals surface area contributed by atoms with Crippen LogP contribution in [0.2, 0.25) is 5.02 Å². The number of aliphatic hydroxyl groups excluding tert-OH is 2. The minimum Gasteiger partial charge on any atom is -0.394 e. The van der Waals surface area contributed by atoms with E-state index in [9.17, 15) is 13.9 Å². The van der Waals surface area contributed by atoms with Crippen molar-refractivity contribution in [2.24, 2.45) is 0 Å². The first-order chi connectivity index (χ1) is 14.0. The fourth-order valence-electron chi connectivity index (χ4n) is 3.37. The van der Waals surface area contributed by atoms with E-state index in [-0.39, 0.29) is 47.8 Å². The summed E-state index contributed by atoms with van der Waals surface area (Å²) >= 11 is 7.16. The van der Waals surface area contributed by atoms with Gasteiger partial charge in [0.2, 0.25) is 0 Å². The number of β-amino-alcohol motifs (C(OH)–C–C–N with tert-alkyl or cyclic N) is 1. The number of piperazine rings is 1. The van der Waals surface area contributed by atoms with Gasteiger partial charge in [-0.05, 0) is 23.6 Å². The molecule has 0 saturated carbocycles. The third-order valence-electron chi connectivity index (χ3n) is 4.89. The molecule has 1 aliphatic heterocycles. The maximum absolute atomic E-state index is 14.4. The normalized spacial score (nSPS) is 15.5. The quantitative estimate of drug-likeness (QED) is 0.508. The zero-order chi connectivity index (χ0) is 20.5. The predicted molar refractivity (Wildman–Crippen MR) is 124 cm³/mol. The molecule has 0 unspecified atom stereocenters. The van der Waals surface area contributed by atoms with Crippen molar-refractivity contribution in [2.45, 2.75) is 6.10 Å². The standard InChI is InChI=1S/C19H19ClF2N4O2S.2ClH/c20-13-8-14(21)12(7-15(13)22)18-23-16-1-6-29-17(16)19(24-18)26-4-2-25(3-5-26)9-11(28)10-27;;/h1,6-8,11,27-28H,2-5,9-10H2;2*1H/t11-;;/m0../s1. The molecule has 6 nitrogen and oxygen atoms in total. The van der Waals surface area contributed by atoms with Crippen LogP contribution in [0, 0.1) is 11.6 Å². The Bertz CT molecular complexity index is 1030. The van der Waals surface area contributed by atoms with E-state index in [4.69, 9.17) is 16.7 Å². The Morgan fingerprint density at radius 1 is 1.10 bits per heavy atom. The van der Waals surface area contributed by atoms with Crippen LogP contribution in [0.3, 0.4) is 0 Å². The maximum Gasteiger partial charge on any atom is 0.165 e. The van der Waals surface area contributed by atoms with Crippen LogP contribution in [0.5, 0.6) is 0 Å². The molecule has 2 aromatic heterocycles. The number of aliphatic hydroxyl groups is 2. The third kappa shape index (κ3) is 5.54. The topological polar surface area (TPSA) is 72.7 Å². The van der Waals surface area contributed by atoms with Crippen molar-refractivity contribution in [1.82, 2.24) is 14.9 Å². The van der Waals surface area contributed by atoms with Gasteiger partial charge in [-0.2, -0.15) is 0 Å². The van der Waals surface area contributed by atoms with Gasteiger partial charge in [-0.3, -0.25) is 4.90 Å². The SMILES string of the molecule is Cl.Cl.OC[C@@H](O)CN1CCN(c2nc(-c3cc(F)c(Cl)cc3F)nc3ccsc23)CC1. The van der Waals surface area contributed by atoms with Crippen LogP contribution in [0.4, 0.5) is 14.6 Å². The first kappa shape index (κ1) is 25.9. The summed E-state index contributed by atoms with van der Waals surface area (Å²) in [7, 11) is 0. The van der Waals surface area contributed by atoms with Crippen LogP contribution in [0.25, 0.3) is 21.6 Å². The molecule has 1 atom stereocenters. The molecule has 3 heterocycles. The van der Waals surface area contributed by atoms with Gasteiger partial charge in [0.1, 0.15) is 11.6 Å². The van der Waals surface area contributed by atoms with Gasteiger partial charge in [0.15, 0.2) is 11.6 Å². The van der Waals surface area contributed by atoms with Crippen molar-refractivity contribution >= 4 is 63.8 Å². The summed E-state index contributed by atoms with van der Waals surface area (Å²) in [6.07, 6.45) is -0.765. The summed E-state index contributed by atoms with van der Waals surface area (Å²) in [5.41, 5.74) is 0.633. The van der Waals surface area contributed by atoms with E-state index in [2.05, 4.69) is 19.8 Å². The van der Waals surface area contributed by atoms with E-state index in [1.807, 2.05) is 11.4 Å². The van der Waals surface area contributed by atoms with Crippen molar-refractivity contribution < 1.29 is 19.0 Å². The summed E-state index contributed by atoms with van der Waals surface area (Å²) in [6.45, 7) is 2.82. The Labute approximate surface area is 199 Å². The van der Waals surface area contributed by atoms with Crippen LogP contribution in [-0.2, 0) is 0 Å². The second-order valence-corrected chi connectivity index (χ2v) is 8.20. The molecule has 0 aliphatic carbocycles. The zero-order valence-corrected chi connectivity index (χ0v) is 19.4. The molecule has 1 saturated heterocycles. The number of benzene rings is 1. The second kappa shape index (κ2) is 11.0. The van der Waals surface area contributed by atoms with E-state index in [1.165, 1.54) is 11.3 Å². The first-order valence-corrected chi connectivity index (χ1v) is 10.4. The molecule has 4 rings (SSSR count). The molecule has 3 aromatic rings. The lowest BCUT2D eigenvalue weighted by atomic mass is 10.2. The fraction of sp³-hybridized carbons (Fsp3) is 0.368. The van der Waals surface area contributed by atoms with Crippen molar-refractivity contribution in [3.05, 3.63) is 40.2 Å². The summed E-state index contributed by atoms with van der Waals surface area (Å²) in [4.78, 5) is 13.1. The van der Waals surface area contributed by atoms with Crippen molar-refractivity contribution in [3.63, 3.8) is 0 Å². The Morgan fingerprint density at radius 3 is 2.48 bits per heavy atom. The first-order valence-electron chi connectivity index (χ1n) is 9.12. The van der Waals surface area contributed by atoms with Gasteiger partial charge in [0.25, 0.3) is 0 Å². The summed E-state index contributed by atoms with van der Waals surface area (Å²) in [6, 6.07) is 3.77. The number of anilines is 1. The minimum absolute atomic E-state index is 0. The summed E-state index contributed by atoms with van der Waals surface area (Å²) < 4.78 is 29.2. The van der Waals surface area contributed by atoms with E-state index in [0.29, 0.717) is 44.1 Å². The number of halogens is 5. The lowest BCUT2D eigenvalue weighted by Crippen LogP contribution is -2.49. The van der Waals surface area contributed by atoms with Gasteiger partial charge < -0.3 is 15.1 Å². The van der Waals surface area contributed by atoms with Crippen LogP contribution in [-0.4, -0.2) is 70.5 Å². The number of hydrogen-bond donors (Lipinski definition) is 2. The highest BCUT2D eigenvalue weighted by atomic mass is 35.5. The van der Waals surface area contributed by atoms with Crippen molar-refractivity contribution in [1.29, 1.82) is 0 Å². The molecular weight excluding hydrogens is 493 g/mol. The molecule has 0 bridgehead atoms. The van der Waals surface area contributed by atoms with Gasteiger partial charge in [0, 0.05) is 32.7 Å². The maximum atomic E-state index is 14.4. The van der Waals surface area contributed by atoms with Gasteiger partial charge >= 0.3 is 0 Å². The van der Waals surface area contributed by atoms with Crippen LogP contribution in [0.1, 0.15) is 0 Å².